The van der Waals surface area contributed by atoms with Crippen molar-refractivity contribution in [2.24, 2.45) is 0 Å². The minimum absolute atomic E-state index is 0.119. The average Bonchev–Trinajstić information content (AvgIpc) is 2.32. The molecule has 2 N–H and O–H groups in total. The Morgan fingerprint density at radius 2 is 1.89 bits per heavy atom. The third kappa shape index (κ3) is 3.62. The number of aromatic nitrogens is 1. The number of hydrogen-bond acceptors (Lipinski definition) is 5. The van der Waals surface area contributed by atoms with Crippen molar-refractivity contribution in [3.8, 4) is 0 Å². The van der Waals surface area contributed by atoms with E-state index >= 15 is 0 Å². The fraction of sp³-hybridized carbons (Fsp3) is 0.444. The predicted molar refractivity (Wildman–Crippen MR) is 69.9 cm³/mol. The van der Waals surface area contributed by atoms with E-state index in [2.05, 4.69) is 20.9 Å². The fourth-order valence-electron chi connectivity index (χ4n) is 1.30. The van der Waals surface area contributed by atoms with Crippen LogP contribution in [0.15, 0.2) is 21.6 Å². The van der Waals surface area contributed by atoms with Crippen LogP contribution in [0.5, 0.6) is 0 Å². The second-order valence-electron chi connectivity index (χ2n) is 3.29. The van der Waals surface area contributed by atoms with Crippen molar-refractivity contribution in [2.45, 2.75) is 4.90 Å². The third-order valence-corrected chi connectivity index (χ3v) is 4.85. The van der Waals surface area contributed by atoms with E-state index in [0.29, 0.717) is 4.47 Å². The molecule has 0 bridgehead atoms. The van der Waals surface area contributed by atoms with Crippen LogP contribution in [-0.4, -0.2) is 54.2 Å². The normalized spacial score (nSPS) is 12.1. The van der Waals surface area contributed by atoms with Gasteiger partial charge in [0.15, 0.2) is 0 Å². The van der Waals surface area contributed by atoms with Gasteiger partial charge in [0, 0.05) is 23.8 Å². The molecule has 0 aliphatic rings. The van der Waals surface area contributed by atoms with Gasteiger partial charge in [0.1, 0.15) is 10.0 Å². The van der Waals surface area contributed by atoms with Crippen LogP contribution in [0.1, 0.15) is 0 Å². The highest BCUT2D eigenvalue weighted by Gasteiger charge is 2.26. The van der Waals surface area contributed by atoms with E-state index in [-0.39, 0.29) is 36.4 Å². The second-order valence-corrected chi connectivity index (χ2v) is 6.47. The van der Waals surface area contributed by atoms with Gasteiger partial charge in [-0.1, -0.05) is 11.6 Å². The Bertz CT molecular complexity index is 505. The molecule has 0 fully saturated rings. The number of nitrogens with zero attached hydrogens (tertiary/aromatic N) is 2. The van der Waals surface area contributed by atoms with E-state index in [4.69, 9.17) is 21.8 Å². The van der Waals surface area contributed by atoms with Crippen LogP contribution in [0.4, 0.5) is 0 Å². The molecule has 18 heavy (non-hydrogen) atoms. The van der Waals surface area contributed by atoms with Crippen LogP contribution in [0.2, 0.25) is 5.15 Å². The van der Waals surface area contributed by atoms with Crippen molar-refractivity contribution >= 4 is 37.6 Å². The summed E-state index contributed by atoms with van der Waals surface area (Å²) in [5, 5.41) is 17.6. The van der Waals surface area contributed by atoms with Gasteiger partial charge in [0.2, 0.25) is 10.0 Å². The molecular formula is C9H12BrClN2O4S. The number of aliphatic hydroxyl groups excluding tert-OH is 2. The van der Waals surface area contributed by atoms with Crippen molar-refractivity contribution in [2.75, 3.05) is 26.3 Å². The number of sulfonamides is 1. The summed E-state index contributed by atoms with van der Waals surface area (Å²) < 4.78 is 25.9. The molecule has 0 aromatic carbocycles. The molecule has 0 unspecified atom stereocenters. The van der Waals surface area contributed by atoms with Crippen LogP contribution >= 0.6 is 27.5 Å². The molecule has 9 heteroatoms. The monoisotopic (exact) mass is 358 g/mol. The quantitative estimate of drug-likeness (QED) is 0.721. The molecule has 0 atom stereocenters. The van der Waals surface area contributed by atoms with Gasteiger partial charge in [0.05, 0.1) is 13.2 Å². The van der Waals surface area contributed by atoms with Crippen molar-refractivity contribution in [1.82, 2.24) is 9.29 Å². The molecule has 0 spiro atoms. The maximum atomic E-state index is 12.2. The Morgan fingerprint density at radius 1 is 1.33 bits per heavy atom. The van der Waals surface area contributed by atoms with Gasteiger partial charge in [-0.15, -0.1) is 0 Å². The maximum Gasteiger partial charge on any atom is 0.246 e. The highest BCUT2D eigenvalue weighted by atomic mass is 79.9. The zero-order valence-electron chi connectivity index (χ0n) is 9.25. The van der Waals surface area contributed by atoms with Crippen molar-refractivity contribution in [3.63, 3.8) is 0 Å². The molecule has 1 rings (SSSR count). The van der Waals surface area contributed by atoms with E-state index in [1.54, 1.807) is 0 Å². The number of aliphatic hydroxyl groups is 2. The van der Waals surface area contributed by atoms with Gasteiger partial charge < -0.3 is 10.2 Å². The summed E-state index contributed by atoms with van der Waals surface area (Å²) in [6.07, 6.45) is 1.38. The molecular weight excluding hydrogens is 348 g/mol. The summed E-state index contributed by atoms with van der Waals surface area (Å²) in [6, 6.07) is 1.33. The number of halogens is 2. The molecule has 102 valence electrons. The lowest BCUT2D eigenvalue weighted by Gasteiger charge is -2.20. The van der Waals surface area contributed by atoms with Crippen molar-refractivity contribution in [1.29, 1.82) is 0 Å². The van der Waals surface area contributed by atoms with Crippen LogP contribution in [0, 0.1) is 0 Å². The van der Waals surface area contributed by atoms with E-state index in [0.717, 1.165) is 4.31 Å². The smallest absolute Gasteiger partial charge is 0.246 e. The highest BCUT2D eigenvalue weighted by Crippen LogP contribution is 2.25. The summed E-state index contributed by atoms with van der Waals surface area (Å²) >= 11 is 8.88. The Labute approximate surface area is 118 Å². The Balaban J connectivity index is 3.21. The summed E-state index contributed by atoms with van der Waals surface area (Å²) in [6.45, 7) is -0.936. The zero-order valence-corrected chi connectivity index (χ0v) is 12.4. The Kier molecular flexibility index (Phi) is 5.96. The van der Waals surface area contributed by atoms with Crippen molar-refractivity contribution < 1.29 is 18.6 Å². The molecule has 0 aliphatic heterocycles. The van der Waals surface area contributed by atoms with Gasteiger partial charge in [-0.25, -0.2) is 13.4 Å². The van der Waals surface area contributed by atoms with E-state index in [1.165, 1.54) is 12.3 Å². The standard InChI is InChI=1S/C9H12BrClN2O4S/c10-7-5-8(9(11)12-6-7)18(16,17)13(1-3-14)2-4-15/h5-6,14-15H,1-4H2. The molecule has 0 saturated heterocycles. The first-order valence-corrected chi connectivity index (χ1v) is 7.57. The first-order valence-electron chi connectivity index (χ1n) is 4.96. The maximum absolute atomic E-state index is 12.2. The third-order valence-electron chi connectivity index (χ3n) is 2.09. The Morgan fingerprint density at radius 3 is 2.39 bits per heavy atom. The minimum atomic E-state index is -3.89. The van der Waals surface area contributed by atoms with Gasteiger partial charge in [-0.3, -0.25) is 0 Å². The van der Waals surface area contributed by atoms with Gasteiger partial charge in [0.25, 0.3) is 0 Å². The minimum Gasteiger partial charge on any atom is -0.395 e. The summed E-state index contributed by atoms with van der Waals surface area (Å²) in [5.41, 5.74) is 0. The molecule has 6 nitrogen and oxygen atoms in total. The first kappa shape index (κ1) is 15.8. The fourth-order valence-corrected chi connectivity index (χ4v) is 3.64. The molecule has 1 heterocycles. The lowest BCUT2D eigenvalue weighted by Crippen LogP contribution is -2.36. The van der Waals surface area contributed by atoms with Gasteiger partial charge in [-0.2, -0.15) is 4.31 Å². The van der Waals surface area contributed by atoms with Crippen LogP contribution in [0.25, 0.3) is 0 Å². The van der Waals surface area contributed by atoms with Crippen LogP contribution in [-0.2, 0) is 10.0 Å². The first-order chi connectivity index (χ1) is 8.43. The summed E-state index contributed by atoms with van der Waals surface area (Å²) in [7, 11) is -3.89. The average molecular weight is 360 g/mol. The molecule has 0 saturated carbocycles. The van der Waals surface area contributed by atoms with Gasteiger partial charge in [-0.05, 0) is 22.0 Å². The summed E-state index contributed by atoms with van der Waals surface area (Å²) in [5.74, 6) is 0. The van der Waals surface area contributed by atoms with E-state index in [9.17, 15) is 8.42 Å². The Hall–Kier alpha value is -0.250. The lowest BCUT2D eigenvalue weighted by atomic mass is 10.5. The van der Waals surface area contributed by atoms with E-state index in [1.807, 2.05) is 0 Å². The highest BCUT2D eigenvalue weighted by molar-refractivity contribution is 9.10. The van der Waals surface area contributed by atoms with Crippen molar-refractivity contribution in [3.05, 3.63) is 21.9 Å². The molecule has 0 aliphatic carbocycles. The molecule has 0 radical (unpaired) electrons. The second kappa shape index (κ2) is 6.78. The number of hydrogen-bond donors (Lipinski definition) is 2. The number of rotatable bonds is 6. The lowest BCUT2D eigenvalue weighted by molar-refractivity contribution is 0.217. The summed E-state index contributed by atoms with van der Waals surface area (Å²) in [4.78, 5) is 3.57. The van der Waals surface area contributed by atoms with E-state index < -0.39 is 10.0 Å². The topological polar surface area (TPSA) is 90.7 Å². The molecule has 1 aromatic rings. The van der Waals surface area contributed by atoms with Crippen LogP contribution < -0.4 is 0 Å². The predicted octanol–water partition coefficient (Wildman–Crippen LogP) is 0.473. The van der Waals surface area contributed by atoms with Crippen LogP contribution in [0.3, 0.4) is 0 Å². The van der Waals surface area contributed by atoms with Gasteiger partial charge >= 0.3 is 0 Å². The SMILES string of the molecule is O=S(=O)(c1cc(Br)cnc1Cl)N(CCO)CCO. The number of pyridine rings is 1. The molecule has 0 amide bonds. The molecule has 1 aromatic heterocycles. The largest absolute Gasteiger partial charge is 0.395 e. The zero-order chi connectivity index (χ0) is 13.8.